The Morgan fingerprint density at radius 3 is 2.65 bits per heavy atom. The molecule has 5 heteroatoms. The van der Waals surface area contributed by atoms with Crippen molar-refractivity contribution in [3.05, 3.63) is 11.8 Å². The summed E-state index contributed by atoms with van der Waals surface area (Å²) in [5.41, 5.74) is 0. The van der Waals surface area contributed by atoms with Crippen LogP contribution in [0.2, 0.25) is 0 Å². The van der Waals surface area contributed by atoms with Gasteiger partial charge in [0.15, 0.2) is 0 Å². The monoisotopic (exact) mass is 237 g/mol. The van der Waals surface area contributed by atoms with Crippen LogP contribution >= 0.6 is 0 Å². The van der Waals surface area contributed by atoms with E-state index < -0.39 is 0 Å². The molecular formula is C12H19N3O2. The van der Waals surface area contributed by atoms with Gasteiger partial charge in [-0.05, 0) is 25.2 Å². The zero-order valence-electron chi connectivity index (χ0n) is 10.6. The predicted molar refractivity (Wildman–Crippen MR) is 62.1 cm³/mol. The first-order valence-corrected chi connectivity index (χ1v) is 6.16. The minimum atomic E-state index is -0.149. The van der Waals surface area contributed by atoms with Gasteiger partial charge in [0.05, 0.1) is 0 Å². The van der Waals surface area contributed by atoms with Crippen molar-refractivity contribution in [3.8, 4) is 0 Å². The van der Waals surface area contributed by atoms with E-state index in [0.29, 0.717) is 17.7 Å². The van der Waals surface area contributed by atoms with Gasteiger partial charge in [0, 0.05) is 12.8 Å². The minimum Gasteiger partial charge on any atom is -0.423 e. The fourth-order valence-electron chi connectivity index (χ4n) is 1.78. The summed E-state index contributed by atoms with van der Waals surface area (Å²) in [4.78, 5) is 11.8. The molecule has 1 N–H and O–H groups in total. The van der Waals surface area contributed by atoms with Crippen molar-refractivity contribution in [1.29, 1.82) is 0 Å². The number of amides is 1. The zero-order chi connectivity index (χ0) is 12.4. The molecule has 2 rings (SSSR count). The normalized spacial score (nSPS) is 17.2. The molecule has 1 fully saturated rings. The molecule has 1 aliphatic carbocycles. The molecule has 5 nitrogen and oxygen atoms in total. The Labute approximate surface area is 101 Å². The van der Waals surface area contributed by atoms with E-state index in [1.54, 1.807) is 6.92 Å². The Morgan fingerprint density at radius 1 is 1.47 bits per heavy atom. The molecule has 0 aliphatic heterocycles. The standard InChI is InChI=1S/C12H19N3O2/c1-7(2)6-10(12-15-14-8(3)17-12)13-11(16)9-4-5-9/h7,9-10H,4-6H2,1-3H3,(H,13,16). The van der Waals surface area contributed by atoms with E-state index >= 15 is 0 Å². The highest BCUT2D eigenvalue weighted by Gasteiger charge is 2.32. The molecule has 0 aromatic carbocycles. The van der Waals surface area contributed by atoms with Gasteiger partial charge in [-0.3, -0.25) is 4.79 Å². The number of nitrogens with one attached hydrogen (secondary N) is 1. The molecular weight excluding hydrogens is 218 g/mol. The second kappa shape index (κ2) is 4.85. The molecule has 1 aromatic rings. The molecule has 1 aliphatic rings. The molecule has 1 heterocycles. The van der Waals surface area contributed by atoms with Crippen molar-refractivity contribution in [2.75, 3.05) is 0 Å². The summed E-state index contributed by atoms with van der Waals surface area (Å²) in [6.07, 6.45) is 2.83. The highest BCUT2D eigenvalue weighted by atomic mass is 16.4. The van der Waals surface area contributed by atoms with E-state index in [4.69, 9.17) is 4.42 Å². The second-order valence-corrected chi connectivity index (χ2v) is 5.12. The molecule has 94 valence electrons. The summed E-state index contributed by atoms with van der Waals surface area (Å²) < 4.78 is 5.41. The summed E-state index contributed by atoms with van der Waals surface area (Å²) in [6, 6.07) is -0.149. The van der Waals surface area contributed by atoms with Gasteiger partial charge < -0.3 is 9.73 Å². The third kappa shape index (κ3) is 3.28. The van der Waals surface area contributed by atoms with Crippen LogP contribution in [0.25, 0.3) is 0 Å². The molecule has 0 saturated heterocycles. The summed E-state index contributed by atoms with van der Waals surface area (Å²) in [5, 5.41) is 10.8. The third-order valence-electron chi connectivity index (χ3n) is 2.81. The third-order valence-corrected chi connectivity index (χ3v) is 2.81. The fraction of sp³-hybridized carbons (Fsp3) is 0.750. The van der Waals surface area contributed by atoms with Crippen LogP contribution in [0.1, 0.15) is 50.9 Å². The fourth-order valence-corrected chi connectivity index (χ4v) is 1.78. The van der Waals surface area contributed by atoms with Crippen LogP contribution in [-0.4, -0.2) is 16.1 Å². The van der Waals surface area contributed by atoms with Gasteiger partial charge >= 0.3 is 0 Å². The molecule has 0 radical (unpaired) electrons. The van der Waals surface area contributed by atoms with E-state index in [9.17, 15) is 4.79 Å². The zero-order valence-corrected chi connectivity index (χ0v) is 10.6. The highest BCUT2D eigenvalue weighted by molar-refractivity contribution is 5.81. The van der Waals surface area contributed by atoms with Crippen molar-refractivity contribution < 1.29 is 9.21 Å². The number of hydrogen-bond donors (Lipinski definition) is 1. The Balaban J connectivity index is 2.04. The van der Waals surface area contributed by atoms with Crippen LogP contribution in [0.5, 0.6) is 0 Å². The Kier molecular flexibility index (Phi) is 3.45. The molecule has 1 saturated carbocycles. The molecule has 0 spiro atoms. The van der Waals surface area contributed by atoms with Gasteiger partial charge in [0.25, 0.3) is 0 Å². The van der Waals surface area contributed by atoms with Gasteiger partial charge in [-0.25, -0.2) is 0 Å². The topological polar surface area (TPSA) is 68.0 Å². The lowest BCUT2D eigenvalue weighted by Gasteiger charge is -2.16. The van der Waals surface area contributed by atoms with E-state index in [1.165, 1.54) is 0 Å². The number of rotatable bonds is 5. The van der Waals surface area contributed by atoms with Crippen LogP contribution < -0.4 is 5.32 Å². The SMILES string of the molecule is Cc1nnc(C(CC(C)C)NC(=O)C2CC2)o1. The number of carbonyl (C=O) groups excluding carboxylic acids is 1. The van der Waals surface area contributed by atoms with E-state index in [2.05, 4.69) is 29.4 Å². The van der Waals surface area contributed by atoms with Crippen molar-refractivity contribution in [3.63, 3.8) is 0 Å². The first-order valence-electron chi connectivity index (χ1n) is 6.16. The molecule has 17 heavy (non-hydrogen) atoms. The molecule has 1 aromatic heterocycles. The van der Waals surface area contributed by atoms with Crippen LogP contribution in [0.3, 0.4) is 0 Å². The van der Waals surface area contributed by atoms with Gasteiger partial charge in [-0.15, -0.1) is 10.2 Å². The van der Waals surface area contributed by atoms with Crippen molar-refractivity contribution in [2.45, 2.75) is 46.1 Å². The highest BCUT2D eigenvalue weighted by Crippen LogP contribution is 2.30. The predicted octanol–water partition coefficient (Wildman–Crippen LogP) is 1.99. The lowest BCUT2D eigenvalue weighted by atomic mass is 10.0. The van der Waals surface area contributed by atoms with Crippen molar-refractivity contribution in [2.24, 2.45) is 11.8 Å². The summed E-state index contributed by atoms with van der Waals surface area (Å²) in [6.45, 7) is 5.98. The average Bonchev–Trinajstić information content (AvgIpc) is 3.00. The van der Waals surface area contributed by atoms with Crippen LogP contribution in [0.15, 0.2) is 4.42 Å². The lowest BCUT2D eigenvalue weighted by Crippen LogP contribution is -2.30. The number of aromatic nitrogens is 2. The van der Waals surface area contributed by atoms with Gasteiger partial charge in [0.2, 0.25) is 17.7 Å². The van der Waals surface area contributed by atoms with E-state index in [1.807, 2.05) is 0 Å². The summed E-state index contributed by atoms with van der Waals surface area (Å²) >= 11 is 0. The van der Waals surface area contributed by atoms with E-state index in [0.717, 1.165) is 19.3 Å². The van der Waals surface area contributed by atoms with Crippen LogP contribution in [0.4, 0.5) is 0 Å². The Bertz CT molecular complexity index is 396. The lowest BCUT2D eigenvalue weighted by molar-refractivity contribution is -0.123. The first kappa shape index (κ1) is 12.1. The largest absolute Gasteiger partial charge is 0.423 e. The number of aryl methyl sites for hydroxylation is 1. The summed E-state index contributed by atoms with van der Waals surface area (Å²) in [5.74, 6) is 1.84. The molecule has 1 amide bonds. The quantitative estimate of drug-likeness (QED) is 0.850. The van der Waals surface area contributed by atoms with Crippen LogP contribution in [-0.2, 0) is 4.79 Å². The maximum atomic E-state index is 11.8. The van der Waals surface area contributed by atoms with Gasteiger partial charge in [-0.2, -0.15) is 0 Å². The first-order chi connectivity index (χ1) is 8.06. The van der Waals surface area contributed by atoms with Crippen LogP contribution in [0, 0.1) is 18.8 Å². The van der Waals surface area contributed by atoms with Gasteiger partial charge in [-0.1, -0.05) is 13.8 Å². The number of carbonyl (C=O) groups is 1. The molecule has 1 atom stereocenters. The number of nitrogens with zero attached hydrogens (tertiary/aromatic N) is 2. The average molecular weight is 237 g/mol. The maximum Gasteiger partial charge on any atom is 0.238 e. The second-order valence-electron chi connectivity index (χ2n) is 5.12. The molecule has 1 unspecified atom stereocenters. The van der Waals surface area contributed by atoms with E-state index in [-0.39, 0.29) is 17.9 Å². The van der Waals surface area contributed by atoms with Gasteiger partial charge in [0.1, 0.15) is 6.04 Å². The van der Waals surface area contributed by atoms with Crippen molar-refractivity contribution >= 4 is 5.91 Å². The van der Waals surface area contributed by atoms with Crippen molar-refractivity contribution in [1.82, 2.24) is 15.5 Å². The number of hydrogen-bond acceptors (Lipinski definition) is 4. The molecule has 0 bridgehead atoms. The Hall–Kier alpha value is -1.39. The maximum absolute atomic E-state index is 11.8. The summed E-state index contributed by atoms with van der Waals surface area (Å²) in [7, 11) is 0. The minimum absolute atomic E-state index is 0.117. The Morgan fingerprint density at radius 2 is 2.18 bits per heavy atom. The smallest absolute Gasteiger partial charge is 0.238 e.